The second kappa shape index (κ2) is 5.80. The average molecular weight is 334 g/mol. The molecule has 0 aliphatic rings. The summed E-state index contributed by atoms with van der Waals surface area (Å²) in [5, 5.41) is 6.49. The topological polar surface area (TPSA) is 72.0 Å². The number of aromatic nitrogens is 1. The third-order valence-electron chi connectivity index (χ3n) is 1.96. The Hall–Kier alpha value is -1.97. The third-order valence-corrected chi connectivity index (χ3v) is 2.23. The number of rotatable bonds is 2. The van der Waals surface area contributed by atoms with Gasteiger partial charge in [0.1, 0.15) is 10.7 Å². The SMILES string of the molecule is N=C(/C=C(\N)C(F)(F)F)Oc1ncc(C(F)(F)F)cc1Cl. The summed E-state index contributed by atoms with van der Waals surface area (Å²) in [6.45, 7) is 0. The molecule has 0 saturated heterocycles. The molecule has 116 valence electrons. The van der Waals surface area contributed by atoms with Crippen molar-refractivity contribution in [3.05, 3.63) is 34.6 Å². The Bertz CT molecular complexity index is 581. The molecule has 0 aromatic carbocycles. The fraction of sp³-hybridized carbons (Fsp3) is 0.200. The molecule has 1 aromatic heterocycles. The molecule has 0 saturated carbocycles. The summed E-state index contributed by atoms with van der Waals surface area (Å²) in [5.41, 5.74) is 1.85. The normalized spacial score (nSPS) is 13.2. The Morgan fingerprint density at radius 3 is 2.29 bits per heavy atom. The molecular formula is C10H6ClF6N3O. The maximum Gasteiger partial charge on any atom is 0.430 e. The maximum atomic E-state index is 12.3. The first-order valence-electron chi connectivity index (χ1n) is 4.94. The number of pyridine rings is 1. The smallest absolute Gasteiger partial charge is 0.420 e. The number of nitrogens with one attached hydrogen (secondary N) is 1. The van der Waals surface area contributed by atoms with Crippen molar-refractivity contribution in [2.75, 3.05) is 0 Å². The van der Waals surface area contributed by atoms with Gasteiger partial charge in [-0.3, -0.25) is 5.41 Å². The van der Waals surface area contributed by atoms with Crippen LogP contribution in [0.15, 0.2) is 24.0 Å². The number of halogens is 7. The van der Waals surface area contributed by atoms with Crippen molar-refractivity contribution in [1.29, 1.82) is 5.41 Å². The minimum Gasteiger partial charge on any atom is -0.420 e. The summed E-state index contributed by atoms with van der Waals surface area (Å²) < 4.78 is 77.8. The summed E-state index contributed by atoms with van der Waals surface area (Å²) >= 11 is 5.45. The average Bonchev–Trinajstić information content (AvgIpc) is 2.29. The first-order chi connectivity index (χ1) is 9.41. The van der Waals surface area contributed by atoms with E-state index in [1.807, 2.05) is 0 Å². The Morgan fingerprint density at radius 1 is 1.29 bits per heavy atom. The molecule has 0 aliphatic carbocycles. The van der Waals surface area contributed by atoms with E-state index < -0.39 is 40.4 Å². The van der Waals surface area contributed by atoms with Gasteiger partial charge in [-0.1, -0.05) is 11.6 Å². The summed E-state index contributed by atoms with van der Waals surface area (Å²) in [5.74, 6) is -1.74. The van der Waals surface area contributed by atoms with Gasteiger partial charge < -0.3 is 10.5 Å². The molecule has 3 N–H and O–H groups in total. The van der Waals surface area contributed by atoms with Crippen molar-refractivity contribution in [1.82, 2.24) is 4.98 Å². The molecule has 0 bridgehead atoms. The minimum absolute atomic E-state index is 0.135. The molecule has 0 fully saturated rings. The quantitative estimate of drug-likeness (QED) is 0.494. The lowest BCUT2D eigenvalue weighted by Crippen LogP contribution is -2.21. The second-order valence-corrected chi connectivity index (χ2v) is 3.98. The van der Waals surface area contributed by atoms with Crippen LogP contribution in [0.3, 0.4) is 0 Å². The number of allylic oxidation sites excluding steroid dienone is 1. The van der Waals surface area contributed by atoms with Crippen molar-refractivity contribution >= 4 is 17.5 Å². The van der Waals surface area contributed by atoms with E-state index in [1.54, 1.807) is 0 Å². The zero-order valence-corrected chi connectivity index (χ0v) is 10.6. The van der Waals surface area contributed by atoms with Crippen LogP contribution < -0.4 is 10.5 Å². The first-order valence-corrected chi connectivity index (χ1v) is 5.32. The van der Waals surface area contributed by atoms with Crippen molar-refractivity contribution in [3.63, 3.8) is 0 Å². The fourth-order valence-electron chi connectivity index (χ4n) is 1.01. The zero-order chi connectivity index (χ0) is 16.4. The molecule has 1 rings (SSSR count). The zero-order valence-electron chi connectivity index (χ0n) is 9.81. The van der Waals surface area contributed by atoms with E-state index in [-0.39, 0.29) is 6.08 Å². The monoisotopic (exact) mass is 333 g/mol. The van der Waals surface area contributed by atoms with Gasteiger partial charge >= 0.3 is 12.4 Å². The van der Waals surface area contributed by atoms with Crippen LogP contribution in [0.1, 0.15) is 5.56 Å². The van der Waals surface area contributed by atoms with E-state index in [0.29, 0.717) is 12.3 Å². The standard InChI is InChI=1S/C10H6ClF6N3O/c11-5-1-4(9(12,13)14)3-20-8(5)21-7(19)2-6(18)10(15,16)17/h1-3,19H,18H2/b6-2-,19-7?. The molecule has 4 nitrogen and oxygen atoms in total. The molecule has 1 aromatic rings. The van der Waals surface area contributed by atoms with E-state index in [9.17, 15) is 26.3 Å². The Balaban J connectivity index is 2.93. The summed E-state index contributed by atoms with van der Waals surface area (Å²) in [7, 11) is 0. The predicted octanol–water partition coefficient (Wildman–Crippen LogP) is 3.51. The van der Waals surface area contributed by atoms with Crippen molar-refractivity contribution in [2.24, 2.45) is 5.73 Å². The highest BCUT2D eigenvalue weighted by Gasteiger charge is 2.33. The molecule has 0 aliphatic heterocycles. The van der Waals surface area contributed by atoms with Crippen LogP contribution in [0.5, 0.6) is 5.88 Å². The number of hydrogen-bond donors (Lipinski definition) is 2. The van der Waals surface area contributed by atoms with Gasteiger partial charge in [-0.25, -0.2) is 4.98 Å². The van der Waals surface area contributed by atoms with Gasteiger partial charge in [0.05, 0.1) is 5.56 Å². The molecule has 0 amide bonds. The lowest BCUT2D eigenvalue weighted by molar-refractivity contribution is -0.137. The Morgan fingerprint density at radius 2 is 1.86 bits per heavy atom. The third kappa shape index (κ3) is 4.81. The molecule has 21 heavy (non-hydrogen) atoms. The highest BCUT2D eigenvalue weighted by atomic mass is 35.5. The number of alkyl halides is 6. The van der Waals surface area contributed by atoms with E-state index in [1.165, 1.54) is 0 Å². The van der Waals surface area contributed by atoms with Crippen LogP contribution in [0.25, 0.3) is 0 Å². The van der Waals surface area contributed by atoms with E-state index in [4.69, 9.17) is 17.0 Å². The highest BCUT2D eigenvalue weighted by molar-refractivity contribution is 6.32. The van der Waals surface area contributed by atoms with Crippen LogP contribution in [-0.2, 0) is 6.18 Å². The van der Waals surface area contributed by atoms with Crippen molar-refractivity contribution in [2.45, 2.75) is 12.4 Å². The number of hydrogen-bond acceptors (Lipinski definition) is 4. The molecule has 1 heterocycles. The molecule has 0 unspecified atom stereocenters. The predicted molar refractivity (Wildman–Crippen MR) is 60.9 cm³/mol. The van der Waals surface area contributed by atoms with Gasteiger partial charge in [0.2, 0.25) is 11.8 Å². The molecule has 11 heteroatoms. The number of nitrogens with two attached hydrogens (primary N) is 1. The van der Waals surface area contributed by atoms with E-state index in [0.717, 1.165) is 0 Å². The first kappa shape index (κ1) is 17.1. The van der Waals surface area contributed by atoms with Crippen LogP contribution in [-0.4, -0.2) is 17.1 Å². The number of nitrogens with zero attached hydrogens (tertiary/aromatic N) is 1. The van der Waals surface area contributed by atoms with Gasteiger partial charge in [0.15, 0.2) is 0 Å². The fourth-order valence-corrected chi connectivity index (χ4v) is 1.22. The minimum atomic E-state index is -4.87. The lowest BCUT2D eigenvalue weighted by atomic mass is 10.3. The summed E-state index contributed by atoms with van der Waals surface area (Å²) in [6.07, 6.45) is -9.06. The van der Waals surface area contributed by atoms with Gasteiger partial charge in [0.25, 0.3) is 0 Å². The lowest BCUT2D eigenvalue weighted by Gasteiger charge is -2.10. The van der Waals surface area contributed by atoms with E-state index in [2.05, 4.69) is 15.5 Å². The van der Waals surface area contributed by atoms with Crippen molar-refractivity contribution < 1.29 is 31.1 Å². The van der Waals surface area contributed by atoms with Crippen LogP contribution in [0.4, 0.5) is 26.3 Å². The molecular weight excluding hydrogens is 328 g/mol. The van der Waals surface area contributed by atoms with Gasteiger partial charge in [-0.2, -0.15) is 26.3 Å². The van der Waals surface area contributed by atoms with Crippen LogP contribution in [0, 0.1) is 5.41 Å². The number of ether oxygens (including phenoxy) is 1. The molecule has 0 atom stereocenters. The van der Waals surface area contributed by atoms with Crippen molar-refractivity contribution in [3.8, 4) is 5.88 Å². The largest absolute Gasteiger partial charge is 0.430 e. The maximum absolute atomic E-state index is 12.3. The van der Waals surface area contributed by atoms with Gasteiger partial charge in [-0.05, 0) is 6.07 Å². The molecule has 0 radical (unpaired) electrons. The van der Waals surface area contributed by atoms with E-state index >= 15 is 0 Å². The van der Waals surface area contributed by atoms with Crippen LogP contribution in [0.2, 0.25) is 5.02 Å². The van der Waals surface area contributed by atoms with Gasteiger partial charge in [0, 0.05) is 12.3 Å². The summed E-state index contributed by atoms with van der Waals surface area (Å²) in [4.78, 5) is 3.19. The van der Waals surface area contributed by atoms with Gasteiger partial charge in [-0.15, -0.1) is 0 Å². The Kier molecular flexibility index (Phi) is 4.72. The second-order valence-electron chi connectivity index (χ2n) is 3.57. The van der Waals surface area contributed by atoms with Crippen LogP contribution >= 0.6 is 11.6 Å². The summed E-state index contributed by atoms with van der Waals surface area (Å²) in [6, 6.07) is 0.466. The molecule has 0 spiro atoms. The Labute approximate surface area is 118 Å². The highest BCUT2D eigenvalue weighted by Crippen LogP contribution is 2.33.